The van der Waals surface area contributed by atoms with E-state index in [-0.39, 0.29) is 6.04 Å². The van der Waals surface area contributed by atoms with Gasteiger partial charge in [-0.1, -0.05) is 0 Å². The van der Waals surface area contributed by atoms with Crippen LogP contribution in [0, 0.1) is 3.57 Å². The second-order valence-electron chi connectivity index (χ2n) is 3.67. The molecule has 2 atom stereocenters. The minimum Gasteiger partial charge on any atom is -0.477 e. The summed E-state index contributed by atoms with van der Waals surface area (Å²) in [6.07, 6.45) is 4.19. The van der Waals surface area contributed by atoms with E-state index in [1.54, 1.807) is 16.9 Å². The molecule has 0 saturated carbocycles. The van der Waals surface area contributed by atoms with Gasteiger partial charge in [0.05, 0.1) is 0 Å². The molecule has 0 saturated heterocycles. The Kier molecular flexibility index (Phi) is 4.97. The summed E-state index contributed by atoms with van der Waals surface area (Å²) in [5.41, 5.74) is 0.291. The molecule has 1 N–H and O–H groups in total. The molecule has 0 aromatic carbocycles. The summed E-state index contributed by atoms with van der Waals surface area (Å²) in [5.74, 6) is -0.331. The third-order valence-corrected chi connectivity index (χ3v) is 3.73. The Bertz CT molecular complexity index is 416. The quantitative estimate of drug-likeness (QED) is 0.824. The van der Waals surface area contributed by atoms with Gasteiger partial charge in [0.15, 0.2) is 0 Å². The lowest BCUT2D eigenvalue weighted by atomic mass is 10.2. The fraction of sp³-hybridized carbons (Fsp3) is 0.500. The van der Waals surface area contributed by atoms with Crippen LogP contribution >= 0.6 is 22.6 Å². The van der Waals surface area contributed by atoms with Crippen LogP contribution in [0.2, 0.25) is 0 Å². The summed E-state index contributed by atoms with van der Waals surface area (Å²) in [6.45, 7) is 1.94. The van der Waals surface area contributed by atoms with Crippen LogP contribution in [-0.2, 0) is 10.8 Å². The van der Waals surface area contributed by atoms with E-state index >= 15 is 0 Å². The minimum atomic E-state index is -0.924. The third-order valence-electron chi connectivity index (χ3n) is 2.33. The topological polar surface area (TPSA) is 59.3 Å². The van der Waals surface area contributed by atoms with Crippen molar-refractivity contribution in [1.82, 2.24) is 4.57 Å². The molecule has 1 heterocycles. The highest BCUT2D eigenvalue weighted by atomic mass is 127. The van der Waals surface area contributed by atoms with Crippen molar-refractivity contribution in [2.75, 3.05) is 12.0 Å². The Morgan fingerprint density at radius 3 is 2.81 bits per heavy atom. The number of carboxylic acids is 1. The number of halogens is 1. The third kappa shape index (κ3) is 3.58. The highest BCUT2D eigenvalue weighted by Crippen LogP contribution is 2.19. The summed E-state index contributed by atoms with van der Waals surface area (Å²) in [7, 11) is -0.833. The lowest BCUT2D eigenvalue weighted by molar-refractivity contribution is 0.0683. The fourth-order valence-electron chi connectivity index (χ4n) is 1.46. The maximum atomic E-state index is 11.0. The zero-order valence-corrected chi connectivity index (χ0v) is 12.1. The van der Waals surface area contributed by atoms with Gasteiger partial charge in [-0.15, -0.1) is 0 Å². The first-order chi connectivity index (χ1) is 7.41. The number of nitrogens with zero attached hydrogens (tertiary/aromatic N) is 1. The Morgan fingerprint density at radius 1 is 1.69 bits per heavy atom. The summed E-state index contributed by atoms with van der Waals surface area (Å²) in [4.78, 5) is 11.0. The van der Waals surface area contributed by atoms with Crippen LogP contribution in [0.3, 0.4) is 0 Å². The smallest absolute Gasteiger partial charge is 0.352 e. The van der Waals surface area contributed by atoms with Crippen molar-refractivity contribution in [1.29, 1.82) is 0 Å². The van der Waals surface area contributed by atoms with Gasteiger partial charge in [0.1, 0.15) is 5.69 Å². The van der Waals surface area contributed by atoms with Crippen molar-refractivity contribution in [2.45, 2.75) is 19.4 Å². The molecule has 0 fully saturated rings. The van der Waals surface area contributed by atoms with Crippen LogP contribution in [0.5, 0.6) is 0 Å². The molecule has 0 bridgehead atoms. The number of rotatable bonds is 5. The zero-order valence-electron chi connectivity index (χ0n) is 9.14. The van der Waals surface area contributed by atoms with Gasteiger partial charge in [-0.05, 0) is 42.0 Å². The molecular weight excluding hydrogens is 341 g/mol. The van der Waals surface area contributed by atoms with E-state index in [0.717, 1.165) is 3.57 Å². The van der Waals surface area contributed by atoms with Crippen LogP contribution in [-0.4, -0.2) is 31.9 Å². The van der Waals surface area contributed by atoms with Crippen molar-refractivity contribution < 1.29 is 14.1 Å². The fourth-order valence-corrected chi connectivity index (χ4v) is 2.73. The lowest BCUT2D eigenvalue weighted by Gasteiger charge is -2.14. The second-order valence-corrected chi connectivity index (χ2v) is 6.47. The first-order valence-electron chi connectivity index (χ1n) is 4.82. The Morgan fingerprint density at radius 2 is 2.31 bits per heavy atom. The average molecular weight is 355 g/mol. The van der Waals surface area contributed by atoms with E-state index in [1.807, 2.05) is 13.1 Å². The van der Waals surface area contributed by atoms with E-state index in [2.05, 4.69) is 22.6 Å². The summed E-state index contributed by atoms with van der Waals surface area (Å²) in [5, 5.41) is 9.02. The Labute approximate surface area is 111 Å². The summed E-state index contributed by atoms with van der Waals surface area (Å²) in [6, 6.07) is 1.70. The number of hydrogen-bond donors (Lipinski definition) is 1. The maximum absolute atomic E-state index is 11.0. The molecule has 0 aliphatic heterocycles. The van der Waals surface area contributed by atoms with Crippen LogP contribution in [0.15, 0.2) is 12.3 Å². The highest BCUT2D eigenvalue weighted by Gasteiger charge is 2.16. The van der Waals surface area contributed by atoms with Crippen LogP contribution < -0.4 is 0 Å². The summed E-state index contributed by atoms with van der Waals surface area (Å²) >= 11 is 2.09. The number of hydrogen-bond acceptors (Lipinski definition) is 2. The molecule has 1 aromatic heterocycles. The van der Waals surface area contributed by atoms with Gasteiger partial charge in [-0.25, -0.2) is 4.79 Å². The summed E-state index contributed by atoms with van der Waals surface area (Å²) < 4.78 is 13.6. The molecular formula is C10H14INO3S. The second kappa shape index (κ2) is 5.81. The minimum absolute atomic E-state index is 0.0542. The zero-order chi connectivity index (χ0) is 12.3. The molecule has 0 amide bonds. The van der Waals surface area contributed by atoms with Crippen LogP contribution in [0.4, 0.5) is 0 Å². The predicted molar refractivity (Wildman–Crippen MR) is 72.4 cm³/mol. The average Bonchev–Trinajstić information content (AvgIpc) is 2.56. The van der Waals surface area contributed by atoms with E-state index in [9.17, 15) is 9.00 Å². The van der Waals surface area contributed by atoms with E-state index in [4.69, 9.17) is 5.11 Å². The maximum Gasteiger partial charge on any atom is 0.352 e. The van der Waals surface area contributed by atoms with E-state index in [0.29, 0.717) is 17.9 Å². The van der Waals surface area contributed by atoms with Gasteiger partial charge >= 0.3 is 5.97 Å². The monoisotopic (exact) mass is 355 g/mol. The molecule has 0 aliphatic carbocycles. The molecule has 0 spiro atoms. The van der Waals surface area contributed by atoms with Crippen molar-refractivity contribution in [3.63, 3.8) is 0 Å². The van der Waals surface area contributed by atoms with Gasteiger partial charge in [0, 0.05) is 38.6 Å². The largest absolute Gasteiger partial charge is 0.477 e. The van der Waals surface area contributed by atoms with Gasteiger partial charge in [0.25, 0.3) is 0 Å². The molecule has 0 radical (unpaired) electrons. The molecule has 1 rings (SSSR count). The SMILES string of the molecule is CC(CCS(C)=O)n1cc(I)cc1C(=O)O. The van der Waals surface area contributed by atoms with Gasteiger partial charge < -0.3 is 9.67 Å². The molecule has 6 heteroatoms. The van der Waals surface area contributed by atoms with Gasteiger partial charge in [-0.2, -0.15) is 0 Å². The van der Waals surface area contributed by atoms with Crippen molar-refractivity contribution >= 4 is 39.4 Å². The standard InChI is InChI=1S/C10H14INO3S/c1-7(3-4-16(2)15)12-6-8(11)5-9(12)10(13)14/h5-7H,3-4H2,1-2H3,(H,13,14). The first kappa shape index (κ1) is 13.7. The molecule has 0 aliphatic rings. The van der Waals surface area contributed by atoms with Crippen LogP contribution in [0.1, 0.15) is 29.9 Å². The normalized spacial score (nSPS) is 14.7. The predicted octanol–water partition coefficient (Wildman–Crippen LogP) is 2.12. The molecule has 1 aromatic rings. The molecule has 2 unspecified atom stereocenters. The number of carboxylic acid groups (broad SMARTS) is 1. The van der Waals surface area contributed by atoms with Crippen molar-refractivity contribution in [3.8, 4) is 0 Å². The van der Waals surface area contributed by atoms with E-state index < -0.39 is 16.8 Å². The number of aromatic carboxylic acids is 1. The molecule has 16 heavy (non-hydrogen) atoms. The van der Waals surface area contributed by atoms with Gasteiger partial charge in [0.2, 0.25) is 0 Å². The van der Waals surface area contributed by atoms with E-state index in [1.165, 1.54) is 0 Å². The first-order valence-corrected chi connectivity index (χ1v) is 7.63. The number of aromatic nitrogens is 1. The molecule has 4 nitrogen and oxygen atoms in total. The highest BCUT2D eigenvalue weighted by molar-refractivity contribution is 14.1. The Balaban J connectivity index is 2.85. The van der Waals surface area contributed by atoms with Crippen molar-refractivity contribution in [3.05, 3.63) is 21.5 Å². The van der Waals surface area contributed by atoms with Gasteiger partial charge in [-0.3, -0.25) is 4.21 Å². The van der Waals surface area contributed by atoms with Crippen molar-refractivity contribution in [2.24, 2.45) is 0 Å². The van der Waals surface area contributed by atoms with Crippen LogP contribution in [0.25, 0.3) is 0 Å². The lowest BCUT2D eigenvalue weighted by Crippen LogP contribution is -2.13. The molecule has 90 valence electrons. The Hall–Kier alpha value is -0.370. The number of carbonyl (C=O) groups is 1.